The lowest BCUT2D eigenvalue weighted by atomic mass is 10.1. The van der Waals surface area contributed by atoms with E-state index in [1.54, 1.807) is 36.7 Å². The van der Waals surface area contributed by atoms with Crippen molar-refractivity contribution in [2.45, 2.75) is 0 Å². The van der Waals surface area contributed by atoms with Gasteiger partial charge in [-0.05, 0) is 70.8 Å². The number of fused-ring (bicyclic) bond motifs is 2. The average molecular weight is 685 g/mol. The molecule has 0 fully saturated rings. The zero-order valence-corrected chi connectivity index (χ0v) is 28.7. The van der Waals surface area contributed by atoms with Gasteiger partial charge in [-0.15, -0.1) is 0 Å². The lowest BCUT2D eigenvalue weighted by molar-refractivity contribution is -0.646. The van der Waals surface area contributed by atoms with E-state index in [-0.39, 0.29) is 11.8 Å². The monoisotopic (exact) mass is 684 g/mol. The van der Waals surface area contributed by atoms with E-state index in [4.69, 9.17) is 0 Å². The summed E-state index contributed by atoms with van der Waals surface area (Å²) in [5, 5.41) is 8.18. The number of nitrogens with one attached hydrogen (secondary N) is 2. The second-order valence-corrected chi connectivity index (χ2v) is 12.1. The highest BCUT2D eigenvalue weighted by molar-refractivity contribution is 5.98. The number of rotatable bonds is 10. The van der Waals surface area contributed by atoms with Crippen LogP contribution in [0.3, 0.4) is 0 Å². The third kappa shape index (κ3) is 7.66. The van der Waals surface area contributed by atoms with Crippen molar-refractivity contribution in [1.82, 2.24) is 19.7 Å². The van der Waals surface area contributed by atoms with Crippen LogP contribution in [0.15, 0.2) is 144 Å². The first-order valence-electron chi connectivity index (χ1n) is 16.7. The van der Waals surface area contributed by atoms with E-state index in [2.05, 4.69) is 87.8 Å². The van der Waals surface area contributed by atoms with Gasteiger partial charge in [0.25, 0.3) is 23.1 Å². The fourth-order valence-corrected chi connectivity index (χ4v) is 5.70. The Hall–Kier alpha value is -7.20. The van der Waals surface area contributed by atoms with E-state index in [9.17, 15) is 9.59 Å². The molecule has 10 heteroatoms. The molecule has 0 atom stereocenters. The minimum absolute atomic E-state index is 0.373. The van der Waals surface area contributed by atoms with E-state index in [0.717, 1.165) is 44.9 Å². The van der Waals surface area contributed by atoms with Crippen LogP contribution in [0.2, 0.25) is 0 Å². The SMILES string of the molecule is C[n+]1c(/C=C\c2ccc(/C=N/NC(=O)c3ccc(C(=O)N/N=C\c4ccc(/C=C/c5cn6ccccc6[n+]5C)cc4)cc3)cc2)cn2ccccc21. The second-order valence-electron chi connectivity index (χ2n) is 12.1. The number of aromatic nitrogens is 4. The van der Waals surface area contributed by atoms with Crippen LogP contribution in [-0.4, -0.2) is 33.0 Å². The number of benzene rings is 3. The van der Waals surface area contributed by atoms with Gasteiger partial charge in [-0.3, -0.25) is 9.59 Å². The van der Waals surface area contributed by atoms with Crippen molar-refractivity contribution in [3.05, 3.63) is 179 Å². The molecule has 4 heterocycles. The van der Waals surface area contributed by atoms with Crippen molar-refractivity contribution in [3.63, 3.8) is 0 Å². The van der Waals surface area contributed by atoms with Gasteiger partial charge in [-0.1, -0.05) is 72.8 Å². The maximum atomic E-state index is 12.6. The number of imidazole rings is 2. The lowest BCUT2D eigenvalue weighted by Crippen LogP contribution is -2.29. The van der Waals surface area contributed by atoms with Crippen molar-refractivity contribution in [2.24, 2.45) is 24.3 Å². The van der Waals surface area contributed by atoms with Gasteiger partial charge < -0.3 is 0 Å². The van der Waals surface area contributed by atoms with Gasteiger partial charge in [0, 0.05) is 23.3 Å². The molecule has 4 aromatic heterocycles. The van der Waals surface area contributed by atoms with Crippen molar-refractivity contribution >= 4 is 59.8 Å². The van der Waals surface area contributed by atoms with E-state index in [0.29, 0.717) is 11.1 Å². The standard InChI is InChI=1S/C42H34N8O2/c1-47-37(29-49-25-5-3-7-39(47)49)23-17-31-9-13-33(14-10-31)27-43-45-41(51)35-19-21-36(22-20-35)42(52)46-44-28-34-15-11-32(12-16-34)18-24-38-30-50-26-6-4-8-40(50)48(38)2/h3-30H,1-2H3/p+2/b23-17-,24-18+,43-27+,44-28-. The molecule has 0 spiro atoms. The highest BCUT2D eigenvalue weighted by Crippen LogP contribution is 2.11. The van der Waals surface area contributed by atoms with Gasteiger partial charge >= 0.3 is 0 Å². The van der Waals surface area contributed by atoms with Crippen molar-refractivity contribution < 1.29 is 18.7 Å². The molecule has 52 heavy (non-hydrogen) atoms. The number of nitrogens with zero attached hydrogens (tertiary/aromatic N) is 6. The summed E-state index contributed by atoms with van der Waals surface area (Å²) in [6.07, 6.45) is 19.6. The topological polar surface area (TPSA) is 99.5 Å². The number of hydrogen-bond acceptors (Lipinski definition) is 4. The molecule has 0 bridgehead atoms. The van der Waals surface area contributed by atoms with E-state index in [1.165, 1.54) is 0 Å². The molecule has 0 saturated carbocycles. The van der Waals surface area contributed by atoms with Crippen LogP contribution in [0.4, 0.5) is 0 Å². The smallest absolute Gasteiger partial charge is 0.267 e. The summed E-state index contributed by atoms with van der Waals surface area (Å²) in [6.45, 7) is 0. The molecule has 0 aliphatic rings. The summed E-state index contributed by atoms with van der Waals surface area (Å²) in [7, 11) is 4.08. The predicted octanol–water partition coefficient (Wildman–Crippen LogP) is 5.71. The molecular formula is C42H36N8O2+2. The zero-order valence-electron chi connectivity index (χ0n) is 28.7. The van der Waals surface area contributed by atoms with Gasteiger partial charge in [0.2, 0.25) is 0 Å². The molecule has 2 N–H and O–H groups in total. The number of aryl methyl sites for hydroxylation is 2. The highest BCUT2D eigenvalue weighted by Gasteiger charge is 2.12. The fourth-order valence-electron chi connectivity index (χ4n) is 5.70. The summed E-state index contributed by atoms with van der Waals surface area (Å²) in [4.78, 5) is 25.3. The first-order chi connectivity index (χ1) is 25.4. The van der Waals surface area contributed by atoms with Crippen molar-refractivity contribution in [2.75, 3.05) is 0 Å². The Labute approximate surface area is 300 Å². The molecule has 0 aliphatic heterocycles. The number of carbonyl (C=O) groups excluding carboxylic acids is 2. The summed E-state index contributed by atoms with van der Waals surface area (Å²) in [5.41, 5.74) is 14.0. The molecule has 0 saturated heterocycles. The maximum absolute atomic E-state index is 12.6. The minimum atomic E-state index is -0.386. The Morgan fingerprint density at radius 3 is 1.29 bits per heavy atom. The number of amides is 2. The third-order valence-electron chi connectivity index (χ3n) is 8.67. The Morgan fingerprint density at radius 2 is 0.904 bits per heavy atom. The fraction of sp³-hybridized carbons (Fsp3) is 0.0476. The number of hydrazone groups is 2. The van der Waals surface area contributed by atoms with Crippen molar-refractivity contribution in [1.29, 1.82) is 0 Å². The molecule has 254 valence electrons. The molecule has 2 amide bonds. The van der Waals surface area contributed by atoms with Crippen molar-refractivity contribution in [3.8, 4) is 0 Å². The molecule has 7 rings (SSSR count). The van der Waals surface area contributed by atoms with Gasteiger partial charge in [0.05, 0.1) is 38.9 Å². The molecule has 7 aromatic rings. The van der Waals surface area contributed by atoms with Gasteiger partial charge in [0.15, 0.2) is 11.4 Å². The maximum Gasteiger partial charge on any atom is 0.286 e. The summed E-state index contributed by atoms with van der Waals surface area (Å²) in [6, 6.07) is 34.2. The van der Waals surface area contributed by atoms with Crippen LogP contribution < -0.4 is 20.0 Å². The summed E-state index contributed by atoms with van der Waals surface area (Å²) >= 11 is 0. The molecule has 0 unspecified atom stereocenters. The average Bonchev–Trinajstić information content (AvgIpc) is 3.68. The normalized spacial score (nSPS) is 11.9. The Bertz CT molecular complexity index is 2330. The van der Waals surface area contributed by atoms with E-state index in [1.807, 2.05) is 99.3 Å². The largest absolute Gasteiger partial charge is 0.286 e. The molecular weight excluding hydrogens is 649 g/mol. The van der Waals surface area contributed by atoms with Gasteiger partial charge in [-0.25, -0.2) is 28.8 Å². The van der Waals surface area contributed by atoms with Crippen LogP contribution in [0.25, 0.3) is 35.6 Å². The summed E-state index contributed by atoms with van der Waals surface area (Å²) in [5.74, 6) is -0.772. The lowest BCUT2D eigenvalue weighted by Gasteiger charge is -2.03. The highest BCUT2D eigenvalue weighted by atomic mass is 16.2. The first kappa shape index (κ1) is 33.3. The predicted molar refractivity (Wildman–Crippen MR) is 204 cm³/mol. The van der Waals surface area contributed by atoms with Gasteiger partial charge in [0.1, 0.15) is 12.4 Å². The van der Waals surface area contributed by atoms with Crippen LogP contribution in [0.5, 0.6) is 0 Å². The van der Waals surface area contributed by atoms with Crippen LogP contribution >= 0.6 is 0 Å². The first-order valence-corrected chi connectivity index (χ1v) is 16.7. The van der Waals surface area contributed by atoms with Crippen LogP contribution in [-0.2, 0) is 14.1 Å². The molecule has 0 aliphatic carbocycles. The Balaban J connectivity index is 0.869. The zero-order chi connectivity index (χ0) is 35.9. The Kier molecular flexibility index (Phi) is 9.70. The van der Waals surface area contributed by atoms with E-state index >= 15 is 0 Å². The second kappa shape index (κ2) is 15.1. The summed E-state index contributed by atoms with van der Waals surface area (Å²) < 4.78 is 8.43. The van der Waals surface area contributed by atoms with E-state index < -0.39 is 0 Å². The molecule has 0 radical (unpaired) electrons. The van der Waals surface area contributed by atoms with Crippen LogP contribution in [0, 0.1) is 0 Å². The quantitative estimate of drug-likeness (QED) is 0.110. The van der Waals surface area contributed by atoms with Crippen LogP contribution in [0.1, 0.15) is 54.4 Å². The molecule has 3 aromatic carbocycles. The number of carbonyl (C=O) groups is 2. The minimum Gasteiger partial charge on any atom is -0.267 e. The number of pyridine rings is 2. The Morgan fingerprint density at radius 1 is 0.519 bits per heavy atom. The molecule has 10 nitrogen and oxygen atoms in total. The third-order valence-corrected chi connectivity index (χ3v) is 8.67. The van der Waals surface area contributed by atoms with Gasteiger partial charge in [-0.2, -0.15) is 10.2 Å². The number of hydrogen-bond donors (Lipinski definition) is 2.